The molecule has 0 unspecified atom stereocenters. The first-order chi connectivity index (χ1) is 16.1. The maximum atomic E-state index is 15.1. The molecule has 172 valence electrons. The number of ether oxygens (including phenoxy) is 1. The van der Waals surface area contributed by atoms with Crippen molar-refractivity contribution in [3.8, 4) is 11.8 Å². The highest BCUT2D eigenvalue weighted by Crippen LogP contribution is 2.31. The van der Waals surface area contributed by atoms with Gasteiger partial charge in [0.2, 0.25) is 0 Å². The molecule has 3 aromatic heterocycles. The summed E-state index contributed by atoms with van der Waals surface area (Å²) in [6.07, 6.45) is 1.63. The summed E-state index contributed by atoms with van der Waals surface area (Å²) in [4.78, 5) is 16.4. The molecule has 4 N–H and O–H groups in total. The monoisotopic (exact) mass is 452 g/mol. The van der Waals surface area contributed by atoms with Crippen molar-refractivity contribution >= 4 is 28.4 Å². The number of β-amino-alcohol motifs (C(OH)–C–C–N with tert-alkyl or cyclic N) is 1. The van der Waals surface area contributed by atoms with E-state index in [0.717, 1.165) is 31.9 Å². The normalized spacial score (nSPS) is 14.7. The Morgan fingerprint density at radius 1 is 1.15 bits per heavy atom. The Hall–Kier alpha value is -3.70. The predicted octanol–water partition coefficient (Wildman–Crippen LogP) is 2.78. The first-order valence-electron chi connectivity index (χ1n) is 10.8. The van der Waals surface area contributed by atoms with Gasteiger partial charge in [-0.3, -0.25) is 10.00 Å². The second-order valence-corrected chi connectivity index (χ2v) is 7.93. The van der Waals surface area contributed by atoms with Crippen LogP contribution in [0.1, 0.15) is 5.69 Å². The van der Waals surface area contributed by atoms with Crippen LogP contribution in [0.15, 0.2) is 36.5 Å². The minimum atomic E-state index is -0.466. The molecule has 1 saturated heterocycles. The van der Waals surface area contributed by atoms with Gasteiger partial charge in [-0.1, -0.05) is 0 Å². The molecule has 1 aromatic carbocycles. The molecule has 11 heteroatoms. The molecule has 4 aromatic rings. The highest BCUT2D eigenvalue weighted by Gasteiger charge is 2.20. The fourth-order valence-electron chi connectivity index (χ4n) is 3.96. The summed E-state index contributed by atoms with van der Waals surface area (Å²) < 4.78 is 20.9. The van der Waals surface area contributed by atoms with Crippen LogP contribution < -0.4 is 15.0 Å². The van der Waals surface area contributed by atoms with Gasteiger partial charge in [0.1, 0.15) is 17.5 Å². The molecular weight excluding hydrogens is 427 g/mol. The van der Waals surface area contributed by atoms with Gasteiger partial charge in [-0.2, -0.15) is 15.1 Å². The Kier molecular flexibility index (Phi) is 5.80. The number of rotatable bonds is 7. The largest absolute Gasteiger partial charge is 0.421 e. The molecule has 0 saturated carbocycles. The minimum absolute atomic E-state index is 0.0396. The molecular formula is C22H25FN8O2. The Morgan fingerprint density at radius 2 is 2.00 bits per heavy atom. The molecule has 0 aliphatic carbocycles. The lowest BCUT2D eigenvalue weighted by Gasteiger charge is -2.35. The van der Waals surface area contributed by atoms with Crippen LogP contribution in [0.5, 0.6) is 11.8 Å². The number of benzene rings is 1. The zero-order valence-electron chi connectivity index (χ0n) is 18.2. The van der Waals surface area contributed by atoms with E-state index in [0.29, 0.717) is 34.9 Å². The number of fused-ring (bicyclic) bond motifs is 1. The number of halogens is 1. The molecule has 0 bridgehead atoms. The van der Waals surface area contributed by atoms with E-state index in [-0.39, 0.29) is 18.4 Å². The van der Waals surface area contributed by atoms with Crippen molar-refractivity contribution in [3.05, 3.63) is 48.0 Å². The summed E-state index contributed by atoms with van der Waals surface area (Å²) in [5, 5.41) is 19.6. The Labute approximate surface area is 189 Å². The molecule has 1 aliphatic heterocycles. The topological polar surface area (TPSA) is 118 Å². The average Bonchev–Trinajstić information content (AvgIpc) is 3.46. The second-order valence-electron chi connectivity index (χ2n) is 7.93. The van der Waals surface area contributed by atoms with Crippen LogP contribution in [-0.4, -0.2) is 74.5 Å². The number of aliphatic hydroxyl groups is 1. The van der Waals surface area contributed by atoms with Crippen molar-refractivity contribution in [2.45, 2.75) is 6.92 Å². The second kappa shape index (κ2) is 9.04. The fraction of sp³-hybridized carbons (Fsp3) is 0.318. The molecule has 33 heavy (non-hydrogen) atoms. The van der Waals surface area contributed by atoms with Crippen molar-refractivity contribution < 1.29 is 14.2 Å². The van der Waals surface area contributed by atoms with Crippen LogP contribution in [-0.2, 0) is 0 Å². The summed E-state index contributed by atoms with van der Waals surface area (Å²) in [5.41, 5.74) is 1.57. The first kappa shape index (κ1) is 21.2. The Bertz CT molecular complexity index is 1230. The molecule has 0 radical (unpaired) electrons. The van der Waals surface area contributed by atoms with Crippen molar-refractivity contribution in [2.75, 3.05) is 49.5 Å². The number of hydrogen-bond donors (Lipinski definition) is 4. The van der Waals surface area contributed by atoms with Gasteiger partial charge in [0.25, 0.3) is 0 Å². The van der Waals surface area contributed by atoms with Gasteiger partial charge in [0, 0.05) is 61.5 Å². The van der Waals surface area contributed by atoms with E-state index in [2.05, 4.69) is 40.3 Å². The molecule has 0 amide bonds. The van der Waals surface area contributed by atoms with Crippen LogP contribution in [0, 0.1) is 12.7 Å². The molecule has 0 spiro atoms. The van der Waals surface area contributed by atoms with E-state index in [9.17, 15) is 5.11 Å². The zero-order chi connectivity index (χ0) is 22.8. The predicted molar refractivity (Wildman–Crippen MR) is 123 cm³/mol. The number of nitrogens with one attached hydrogen (secondary N) is 3. The van der Waals surface area contributed by atoms with Crippen molar-refractivity contribution in [2.24, 2.45) is 0 Å². The molecule has 1 fully saturated rings. The maximum absolute atomic E-state index is 15.1. The number of nitrogens with zero attached hydrogens (tertiary/aromatic N) is 5. The molecule has 4 heterocycles. The molecule has 0 atom stereocenters. The quantitative estimate of drug-likeness (QED) is 0.338. The van der Waals surface area contributed by atoms with Crippen LogP contribution in [0.25, 0.3) is 10.9 Å². The Morgan fingerprint density at radius 3 is 2.76 bits per heavy atom. The van der Waals surface area contributed by atoms with Gasteiger partial charge in [0.05, 0.1) is 12.8 Å². The number of piperazine rings is 1. The Balaban J connectivity index is 1.44. The standard InChI is InChI=1S/C22H25FN8O2/c1-14-12-15-16(25-14)2-3-17(21(15)23)33-22-27-19(26-18-4-5-24-29-18)13-20(28-22)31-8-6-30(7-9-31)10-11-32/h2-5,12-13,25,32H,6-11H2,1H3,(H2,24,26,27,28,29). The summed E-state index contributed by atoms with van der Waals surface area (Å²) in [6, 6.07) is 8.72. The lowest BCUT2D eigenvalue weighted by Crippen LogP contribution is -2.47. The summed E-state index contributed by atoms with van der Waals surface area (Å²) in [6.45, 7) is 5.76. The van der Waals surface area contributed by atoms with Crippen LogP contribution in [0.3, 0.4) is 0 Å². The average molecular weight is 452 g/mol. The van der Waals surface area contributed by atoms with Gasteiger partial charge in [-0.15, -0.1) is 0 Å². The van der Waals surface area contributed by atoms with Crippen molar-refractivity contribution in [1.82, 2.24) is 30.0 Å². The third-order valence-electron chi connectivity index (χ3n) is 5.61. The lowest BCUT2D eigenvalue weighted by molar-refractivity contribution is 0.188. The fourth-order valence-corrected chi connectivity index (χ4v) is 3.96. The number of hydrogen-bond acceptors (Lipinski definition) is 8. The maximum Gasteiger partial charge on any atom is 0.326 e. The van der Waals surface area contributed by atoms with Crippen molar-refractivity contribution in [1.29, 1.82) is 0 Å². The van der Waals surface area contributed by atoms with Gasteiger partial charge in [-0.25, -0.2) is 4.39 Å². The van der Waals surface area contributed by atoms with E-state index < -0.39 is 5.82 Å². The van der Waals surface area contributed by atoms with E-state index in [4.69, 9.17) is 4.74 Å². The van der Waals surface area contributed by atoms with E-state index in [1.807, 2.05) is 13.0 Å². The van der Waals surface area contributed by atoms with Gasteiger partial charge < -0.3 is 25.0 Å². The number of aromatic amines is 2. The zero-order valence-corrected chi connectivity index (χ0v) is 18.2. The first-order valence-corrected chi connectivity index (χ1v) is 10.8. The summed E-state index contributed by atoms with van der Waals surface area (Å²) in [5.74, 6) is 1.42. The third-order valence-corrected chi connectivity index (χ3v) is 5.61. The summed E-state index contributed by atoms with van der Waals surface area (Å²) >= 11 is 0. The number of aromatic nitrogens is 5. The molecule has 5 rings (SSSR count). The van der Waals surface area contributed by atoms with Crippen molar-refractivity contribution in [3.63, 3.8) is 0 Å². The number of H-pyrrole nitrogens is 2. The minimum Gasteiger partial charge on any atom is -0.421 e. The molecule has 10 nitrogen and oxygen atoms in total. The highest BCUT2D eigenvalue weighted by molar-refractivity contribution is 5.82. The van der Waals surface area contributed by atoms with Crippen LogP contribution >= 0.6 is 0 Å². The van der Waals surface area contributed by atoms with Gasteiger partial charge in [0.15, 0.2) is 11.6 Å². The highest BCUT2D eigenvalue weighted by atomic mass is 19.1. The number of aliphatic hydroxyl groups excluding tert-OH is 1. The van der Waals surface area contributed by atoms with E-state index >= 15 is 4.39 Å². The van der Waals surface area contributed by atoms with Crippen LogP contribution in [0.4, 0.5) is 21.8 Å². The van der Waals surface area contributed by atoms with Gasteiger partial charge >= 0.3 is 6.01 Å². The van der Waals surface area contributed by atoms with Crippen LogP contribution in [0.2, 0.25) is 0 Å². The number of aryl methyl sites for hydroxylation is 1. The molecule has 1 aliphatic rings. The lowest BCUT2D eigenvalue weighted by atomic mass is 10.2. The van der Waals surface area contributed by atoms with E-state index in [1.54, 1.807) is 30.5 Å². The van der Waals surface area contributed by atoms with Gasteiger partial charge in [-0.05, 0) is 25.1 Å². The smallest absolute Gasteiger partial charge is 0.326 e. The number of anilines is 3. The third kappa shape index (κ3) is 4.59. The SMILES string of the molecule is Cc1cc2c(F)c(Oc3nc(Nc4ccn[nH]4)cc(N4CCN(CCO)CC4)n3)ccc2[nH]1. The summed E-state index contributed by atoms with van der Waals surface area (Å²) in [7, 11) is 0. The van der Waals surface area contributed by atoms with E-state index in [1.165, 1.54) is 0 Å².